The molecular formula is C13H19NO2S. The molecule has 1 N–H and O–H groups in total. The van der Waals surface area contributed by atoms with Gasteiger partial charge in [0.15, 0.2) is 0 Å². The Morgan fingerprint density at radius 3 is 2.71 bits per heavy atom. The zero-order chi connectivity index (χ0) is 12.3. The van der Waals surface area contributed by atoms with Gasteiger partial charge in [0, 0.05) is 22.6 Å². The molecule has 0 radical (unpaired) electrons. The zero-order valence-electron chi connectivity index (χ0n) is 10.3. The molecule has 1 fully saturated rings. The summed E-state index contributed by atoms with van der Waals surface area (Å²) >= 11 is 0. The topological polar surface area (TPSA) is 38.3 Å². The fraction of sp³-hybridized carbons (Fsp3) is 0.538. The molecular weight excluding hydrogens is 234 g/mol. The van der Waals surface area contributed by atoms with Crippen molar-refractivity contribution in [3.8, 4) is 5.75 Å². The molecule has 1 aliphatic heterocycles. The van der Waals surface area contributed by atoms with E-state index in [-0.39, 0.29) is 11.3 Å². The number of hydrogen-bond acceptors (Lipinski definition) is 3. The van der Waals surface area contributed by atoms with Crippen molar-refractivity contribution in [2.45, 2.75) is 24.6 Å². The Bertz CT molecular complexity index is 391. The van der Waals surface area contributed by atoms with E-state index in [1.54, 1.807) is 7.11 Å². The van der Waals surface area contributed by atoms with Gasteiger partial charge < -0.3 is 10.1 Å². The van der Waals surface area contributed by atoms with Crippen LogP contribution in [0.3, 0.4) is 0 Å². The first-order chi connectivity index (χ1) is 8.22. The van der Waals surface area contributed by atoms with Crippen molar-refractivity contribution in [1.29, 1.82) is 0 Å². The van der Waals surface area contributed by atoms with Gasteiger partial charge in [-0.25, -0.2) is 0 Å². The van der Waals surface area contributed by atoms with Crippen LogP contribution in [0.4, 0.5) is 0 Å². The Morgan fingerprint density at radius 1 is 1.35 bits per heavy atom. The summed E-state index contributed by atoms with van der Waals surface area (Å²) < 4.78 is 17.1. The molecule has 1 aromatic carbocycles. The summed E-state index contributed by atoms with van der Waals surface area (Å²) in [6, 6.07) is 8.20. The van der Waals surface area contributed by atoms with Gasteiger partial charge in [0.25, 0.3) is 0 Å². The van der Waals surface area contributed by atoms with Gasteiger partial charge >= 0.3 is 0 Å². The summed E-state index contributed by atoms with van der Waals surface area (Å²) in [5.74, 6) is 1.66. The average Bonchev–Trinajstić information content (AvgIpc) is 2.53. The van der Waals surface area contributed by atoms with Gasteiger partial charge in [-0.05, 0) is 37.6 Å². The molecule has 0 aromatic heterocycles. The zero-order valence-corrected chi connectivity index (χ0v) is 11.1. The SMILES string of the molecule is COc1ccc(C2NCCCS(=O)C2C)cc1. The number of nitrogens with one attached hydrogen (secondary N) is 1. The van der Waals surface area contributed by atoms with Crippen LogP contribution >= 0.6 is 0 Å². The van der Waals surface area contributed by atoms with Crippen LogP contribution in [-0.2, 0) is 10.8 Å². The predicted molar refractivity (Wildman–Crippen MR) is 70.8 cm³/mol. The van der Waals surface area contributed by atoms with E-state index in [0.29, 0.717) is 0 Å². The Kier molecular flexibility index (Phi) is 4.18. The monoisotopic (exact) mass is 253 g/mol. The van der Waals surface area contributed by atoms with Gasteiger partial charge in [0.05, 0.1) is 12.4 Å². The van der Waals surface area contributed by atoms with Crippen molar-refractivity contribution < 1.29 is 8.95 Å². The fourth-order valence-corrected chi connectivity index (χ4v) is 3.53. The number of ether oxygens (including phenoxy) is 1. The molecule has 0 bridgehead atoms. The second kappa shape index (κ2) is 5.65. The van der Waals surface area contributed by atoms with E-state index < -0.39 is 10.8 Å². The Morgan fingerprint density at radius 2 is 2.06 bits per heavy atom. The van der Waals surface area contributed by atoms with Crippen LogP contribution in [0.15, 0.2) is 24.3 Å². The van der Waals surface area contributed by atoms with Crippen molar-refractivity contribution in [3.63, 3.8) is 0 Å². The smallest absolute Gasteiger partial charge is 0.118 e. The lowest BCUT2D eigenvalue weighted by atomic mass is 10.0. The van der Waals surface area contributed by atoms with Crippen molar-refractivity contribution in [2.24, 2.45) is 0 Å². The van der Waals surface area contributed by atoms with Crippen molar-refractivity contribution >= 4 is 10.8 Å². The number of hydrogen-bond donors (Lipinski definition) is 1. The van der Waals surface area contributed by atoms with Gasteiger partial charge in [-0.1, -0.05) is 12.1 Å². The second-order valence-corrected chi connectivity index (χ2v) is 6.26. The Balaban J connectivity index is 2.20. The maximum absolute atomic E-state index is 12.0. The highest BCUT2D eigenvalue weighted by molar-refractivity contribution is 7.85. The number of benzene rings is 1. The maximum Gasteiger partial charge on any atom is 0.118 e. The first-order valence-electron chi connectivity index (χ1n) is 5.97. The van der Waals surface area contributed by atoms with E-state index in [1.807, 2.05) is 12.1 Å². The molecule has 3 atom stereocenters. The van der Waals surface area contributed by atoms with Crippen molar-refractivity contribution in [2.75, 3.05) is 19.4 Å². The summed E-state index contributed by atoms with van der Waals surface area (Å²) in [7, 11) is 0.930. The second-order valence-electron chi connectivity index (χ2n) is 4.35. The van der Waals surface area contributed by atoms with E-state index >= 15 is 0 Å². The number of methoxy groups -OCH3 is 1. The van der Waals surface area contributed by atoms with E-state index in [9.17, 15) is 4.21 Å². The summed E-state index contributed by atoms with van der Waals surface area (Å²) in [6.45, 7) is 3.00. The molecule has 1 aliphatic rings. The molecule has 1 saturated heterocycles. The molecule has 4 heteroatoms. The Hall–Kier alpha value is -0.870. The van der Waals surface area contributed by atoms with E-state index in [0.717, 1.165) is 24.5 Å². The quantitative estimate of drug-likeness (QED) is 0.874. The van der Waals surface area contributed by atoms with Crippen LogP contribution in [0.5, 0.6) is 5.75 Å². The van der Waals surface area contributed by atoms with Crippen LogP contribution < -0.4 is 10.1 Å². The molecule has 94 valence electrons. The number of rotatable bonds is 2. The lowest BCUT2D eigenvalue weighted by Crippen LogP contribution is -2.30. The summed E-state index contributed by atoms with van der Waals surface area (Å²) in [4.78, 5) is 0. The summed E-state index contributed by atoms with van der Waals surface area (Å²) in [5, 5.41) is 3.64. The minimum atomic E-state index is -0.734. The third kappa shape index (κ3) is 2.87. The molecule has 2 rings (SSSR count). The van der Waals surface area contributed by atoms with Crippen molar-refractivity contribution in [1.82, 2.24) is 5.32 Å². The lowest BCUT2D eigenvalue weighted by Gasteiger charge is -2.22. The Labute approximate surface area is 105 Å². The van der Waals surface area contributed by atoms with E-state index in [2.05, 4.69) is 24.4 Å². The van der Waals surface area contributed by atoms with Gasteiger partial charge in [-0.2, -0.15) is 0 Å². The molecule has 0 saturated carbocycles. The van der Waals surface area contributed by atoms with Crippen LogP contribution in [-0.4, -0.2) is 28.9 Å². The lowest BCUT2D eigenvalue weighted by molar-refractivity contribution is 0.414. The van der Waals surface area contributed by atoms with E-state index in [4.69, 9.17) is 4.74 Å². The highest BCUT2D eigenvalue weighted by Crippen LogP contribution is 2.25. The minimum absolute atomic E-state index is 0.158. The minimum Gasteiger partial charge on any atom is -0.497 e. The highest BCUT2D eigenvalue weighted by Gasteiger charge is 2.26. The van der Waals surface area contributed by atoms with Gasteiger partial charge in [-0.15, -0.1) is 0 Å². The van der Waals surface area contributed by atoms with Gasteiger partial charge in [0.2, 0.25) is 0 Å². The first-order valence-corrected chi connectivity index (χ1v) is 7.35. The molecule has 3 unspecified atom stereocenters. The molecule has 1 aromatic rings. The average molecular weight is 253 g/mol. The van der Waals surface area contributed by atoms with Crippen LogP contribution in [0.25, 0.3) is 0 Å². The first kappa shape index (κ1) is 12.6. The molecule has 3 nitrogen and oxygen atoms in total. The standard InChI is InChI=1S/C13H19NO2S/c1-10-13(14-8-3-9-17(10)15)11-4-6-12(16-2)7-5-11/h4-7,10,13-14H,3,8-9H2,1-2H3. The molecule has 0 aliphatic carbocycles. The predicted octanol–water partition coefficient (Wildman–Crippen LogP) is 1.87. The summed E-state index contributed by atoms with van der Waals surface area (Å²) in [6.07, 6.45) is 0.990. The molecule has 17 heavy (non-hydrogen) atoms. The van der Waals surface area contributed by atoms with E-state index in [1.165, 1.54) is 5.56 Å². The van der Waals surface area contributed by atoms with Gasteiger partial charge in [-0.3, -0.25) is 4.21 Å². The van der Waals surface area contributed by atoms with Crippen molar-refractivity contribution in [3.05, 3.63) is 29.8 Å². The van der Waals surface area contributed by atoms with Crippen LogP contribution in [0.1, 0.15) is 24.9 Å². The third-order valence-corrected chi connectivity index (χ3v) is 5.04. The van der Waals surface area contributed by atoms with Gasteiger partial charge in [0.1, 0.15) is 5.75 Å². The molecule has 1 heterocycles. The van der Waals surface area contributed by atoms with Crippen LogP contribution in [0.2, 0.25) is 0 Å². The normalized spacial score (nSPS) is 29.6. The largest absolute Gasteiger partial charge is 0.497 e. The molecule has 0 spiro atoms. The van der Waals surface area contributed by atoms with Crippen LogP contribution in [0, 0.1) is 0 Å². The maximum atomic E-state index is 12.0. The highest BCUT2D eigenvalue weighted by atomic mass is 32.2. The fourth-order valence-electron chi connectivity index (χ4n) is 2.18. The molecule has 0 amide bonds. The third-order valence-electron chi connectivity index (χ3n) is 3.25. The summed E-state index contributed by atoms with van der Waals surface area (Å²) in [5.41, 5.74) is 1.19.